The topological polar surface area (TPSA) is 91.7 Å². The van der Waals surface area contributed by atoms with Crippen molar-refractivity contribution in [1.29, 1.82) is 0 Å². The van der Waals surface area contributed by atoms with E-state index in [2.05, 4.69) is 10.6 Å². The Hall–Kier alpha value is -2.31. The first kappa shape index (κ1) is 17.1. The van der Waals surface area contributed by atoms with Gasteiger partial charge in [0.25, 0.3) is 5.91 Å². The van der Waals surface area contributed by atoms with E-state index < -0.39 is 11.9 Å². The van der Waals surface area contributed by atoms with Crippen molar-refractivity contribution in [2.45, 2.75) is 32.7 Å². The molecule has 0 aromatic carbocycles. The molecular formula is C16H23N3O4. The van der Waals surface area contributed by atoms with Crippen LogP contribution in [-0.2, 0) is 9.59 Å². The van der Waals surface area contributed by atoms with Crippen LogP contribution in [0.2, 0.25) is 0 Å². The maximum Gasteiger partial charge on any atom is 0.287 e. The van der Waals surface area contributed by atoms with Crippen molar-refractivity contribution in [3.63, 3.8) is 0 Å². The van der Waals surface area contributed by atoms with E-state index in [1.54, 1.807) is 24.0 Å². The SMILES string of the molecule is CCNC(=O)C1CCCN(C(=O)C(C)NC(=O)c2ccco2)C1. The monoisotopic (exact) mass is 321 g/mol. The maximum absolute atomic E-state index is 12.5. The second kappa shape index (κ2) is 7.80. The van der Waals surface area contributed by atoms with Gasteiger partial charge >= 0.3 is 0 Å². The Balaban J connectivity index is 1.91. The van der Waals surface area contributed by atoms with Crippen molar-refractivity contribution in [1.82, 2.24) is 15.5 Å². The van der Waals surface area contributed by atoms with Gasteiger partial charge in [-0.1, -0.05) is 0 Å². The Morgan fingerprint density at radius 1 is 1.43 bits per heavy atom. The summed E-state index contributed by atoms with van der Waals surface area (Å²) in [5.74, 6) is -0.631. The molecule has 1 aromatic heterocycles. The Labute approximate surface area is 135 Å². The molecule has 2 N–H and O–H groups in total. The fourth-order valence-electron chi connectivity index (χ4n) is 2.72. The maximum atomic E-state index is 12.5. The van der Waals surface area contributed by atoms with Gasteiger partial charge in [0, 0.05) is 19.6 Å². The van der Waals surface area contributed by atoms with Gasteiger partial charge in [-0.25, -0.2) is 0 Å². The number of amides is 3. The predicted octanol–water partition coefficient (Wildman–Crippen LogP) is 0.773. The number of rotatable bonds is 5. The highest BCUT2D eigenvalue weighted by molar-refractivity contribution is 5.95. The molecular weight excluding hydrogens is 298 g/mol. The van der Waals surface area contributed by atoms with Crippen LogP contribution in [0.5, 0.6) is 0 Å². The predicted molar refractivity (Wildman–Crippen MR) is 83.6 cm³/mol. The second-order valence-corrected chi connectivity index (χ2v) is 5.69. The number of furan rings is 1. The van der Waals surface area contributed by atoms with E-state index in [1.807, 2.05) is 6.92 Å². The summed E-state index contributed by atoms with van der Waals surface area (Å²) >= 11 is 0. The number of nitrogens with zero attached hydrogens (tertiary/aromatic N) is 1. The minimum absolute atomic E-state index is 0.0164. The summed E-state index contributed by atoms with van der Waals surface area (Å²) in [6.07, 6.45) is 2.97. The summed E-state index contributed by atoms with van der Waals surface area (Å²) in [4.78, 5) is 38.0. The first-order valence-corrected chi connectivity index (χ1v) is 7.93. The quantitative estimate of drug-likeness (QED) is 0.838. The van der Waals surface area contributed by atoms with Crippen LogP contribution in [0.4, 0.5) is 0 Å². The fourth-order valence-corrected chi connectivity index (χ4v) is 2.72. The number of nitrogens with one attached hydrogen (secondary N) is 2. The Kier molecular flexibility index (Phi) is 5.78. The average molecular weight is 321 g/mol. The molecule has 0 saturated carbocycles. The van der Waals surface area contributed by atoms with Crippen molar-refractivity contribution in [2.75, 3.05) is 19.6 Å². The average Bonchev–Trinajstić information content (AvgIpc) is 3.09. The van der Waals surface area contributed by atoms with Crippen molar-refractivity contribution < 1.29 is 18.8 Å². The van der Waals surface area contributed by atoms with E-state index in [4.69, 9.17) is 4.42 Å². The van der Waals surface area contributed by atoms with Crippen LogP contribution >= 0.6 is 0 Å². The first-order chi connectivity index (χ1) is 11.0. The van der Waals surface area contributed by atoms with Crippen LogP contribution in [-0.4, -0.2) is 48.3 Å². The lowest BCUT2D eigenvalue weighted by Crippen LogP contribution is -2.52. The van der Waals surface area contributed by atoms with Gasteiger partial charge in [-0.15, -0.1) is 0 Å². The summed E-state index contributed by atoms with van der Waals surface area (Å²) in [5, 5.41) is 5.42. The lowest BCUT2D eigenvalue weighted by molar-refractivity contribution is -0.137. The molecule has 0 aliphatic carbocycles. The largest absolute Gasteiger partial charge is 0.459 e. The third-order valence-corrected chi connectivity index (χ3v) is 3.92. The van der Waals surface area contributed by atoms with Gasteiger partial charge in [-0.3, -0.25) is 14.4 Å². The van der Waals surface area contributed by atoms with Crippen LogP contribution < -0.4 is 10.6 Å². The molecule has 0 bridgehead atoms. The lowest BCUT2D eigenvalue weighted by Gasteiger charge is -2.33. The van der Waals surface area contributed by atoms with Crippen LogP contribution in [0.15, 0.2) is 22.8 Å². The number of carbonyl (C=O) groups is 3. The molecule has 1 aromatic rings. The Morgan fingerprint density at radius 3 is 2.87 bits per heavy atom. The Morgan fingerprint density at radius 2 is 2.22 bits per heavy atom. The number of hydrogen-bond acceptors (Lipinski definition) is 4. The fraction of sp³-hybridized carbons (Fsp3) is 0.562. The molecule has 1 aliphatic rings. The van der Waals surface area contributed by atoms with Crippen LogP contribution in [0.1, 0.15) is 37.2 Å². The zero-order valence-corrected chi connectivity index (χ0v) is 13.5. The van der Waals surface area contributed by atoms with Crippen LogP contribution in [0.3, 0.4) is 0 Å². The first-order valence-electron chi connectivity index (χ1n) is 7.93. The van der Waals surface area contributed by atoms with Gasteiger partial charge in [0.05, 0.1) is 12.2 Å². The molecule has 2 unspecified atom stereocenters. The molecule has 3 amide bonds. The van der Waals surface area contributed by atoms with Crippen molar-refractivity contribution in [2.24, 2.45) is 5.92 Å². The lowest BCUT2D eigenvalue weighted by atomic mass is 9.96. The van der Waals surface area contributed by atoms with E-state index in [0.717, 1.165) is 12.8 Å². The molecule has 1 saturated heterocycles. The van der Waals surface area contributed by atoms with E-state index in [0.29, 0.717) is 19.6 Å². The molecule has 2 atom stereocenters. The number of carbonyl (C=O) groups excluding carboxylic acids is 3. The number of hydrogen-bond donors (Lipinski definition) is 2. The Bertz CT molecular complexity index is 556. The van der Waals surface area contributed by atoms with E-state index in [-0.39, 0.29) is 23.5 Å². The van der Waals surface area contributed by atoms with Crippen molar-refractivity contribution in [3.05, 3.63) is 24.2 Å². The minimum atomic E-state index is -0.666. The molecule has 23 heavy (non-hydrogen) atoms. The second-order valence-electron chi connectivity index (χ2n) is 5.69. The molecule has 7 heteroatoms. The van der Waals surface area contributed by atoms with Gasteiger partial charge in [0.15, 0.2) is 5.76 Å². The molecule has 0 spiro atoms. The summed E-state index contributed by atoms with van der Waals surface area (Å²) in [6, 6.07) is 2.49. The van der Waals surface area contributed by atoms with Gasteiger partial charge in [-0.2, -0.15) is 0 Å². The standard InChI is InChI=1S/C16H23N3O4/c1-3-17-14(20)12-6-4-8-19(10-12)16(22)11(2)18-15(21)13-7-5-9-23-13/h5,7,9,11-12H,3-4,6,8,10H2,1-2H3,(H,17,20)(H,18,21). The number of piperidine rings is 1. The summed E-state index contributed by atoms with van der Waals surface area (Å²) in [5.41, 5.74) is 0. The van der Waals surface area contributed by atoms with Gasteiger partial charge in [0.2, 0.25) is 11.8 Å². The highest BCUT2D eigenvalue weighted by Crippen LogP contribution is 2.17. The molecule has 2 rings (SSSR count). The molecule has 126 valence electrons. The third-order valence-electron chi connectivity index (χ3n) is 3.92. The zero-order valence-electron chi connectivity index (χ0n) is 13.5. The molecule has 0 radical (unpaired) electrons. The zero-order chi connectivity index (χ0) is 16.8. The highest BCUT2D eigenvalue weighted by Gasteiger charge is 2.30. The van der Waals surface area contributed by atoms with E-state index in [1.165, 1.54) is 6.26 Å². The normalized spacial score (nSPS) is 19.0. The van der Waals surface area contributed by atoms with Gasteiger partial charge < -0.3 is 20.0 Å². The van der Waals surface area contributed by atoms with Crippen molar-refractivity contribution >= 4 is 17.7 Å². The van der Waals surface area contributed by atoms with E-state index >= 15 is 0 Å². The summed E-state index contributed by atoms with van der Waals surface area (Å²) in [6.45, 7) is 5.09. The molecule has 2 heterocycles. The molecule has 7 nitrogen and oxygen atoms in total. The van der Waals surface area contributed by atoms with Crippen molar-refractivity contribution in [3.8, 4) is 0 Å². The van der Waals surface area contributed by atoms with Gasteiger partial charge in [-0.05, 0) is 38.8 Å². The van der Waals surface area contributed by atoms with Crippen LogP contribution in [0, 0.1) is 5.92 Å². The minimum Gasteiger partial charge on any atom is -0.459 e. The van der Waals surface area contributed by atoms with Gasteiger partial charge in [0.1, 0.15) is 6.04 Å². The number of likely N-dealkylation sites (tertiary alicyclic amines) is 1. The summed E-state index contributed by atoms with van der Waals surface area (Å²) in [7, 11) is 0. The van der Waals surface area contributed by atoms with Crippen LogP contribution in [0.25, 0.3) is 0 Å². The van der Waals surface area contributed by atoms with E-state index in [9.17, 15) is 14.4 Å². The highest BCUT2D eigenvalue weighted by atomic mass is 16.3. The summed E-state index contributed by atoms with van der Waals surface area (Å²) < 4.78 is 5.01. The smallest absolute Gasteiger partial charge is 0.287 e. The third kappa shape index (κ3) is 4.34. The molecule has 1 aliphatic heterocycles. The molecule has 1 fully saturated rings.